The van der Waals surface area contributed by atoms with E-state index in [2.05, 4.69) is 13.8 Å². The van der Waals surface area contributed by atoms with Crippen LogP contribution < -0.4 is 4.74 Å². The van der Waals surface area contributed by atoms with E-state index in [1.165, 1.54) is 0 Å². The molecule has 1 aromatic carbocycles. The van der Waals surface area contributed by atoms with Gasteiger partial charge in [0.15, 0.2) is 0 Å². The Morgan fingerprint density at radius 2 is 1.80 bits per heavy atom. The maximum absolute atomic E-state index is 12.6. The van der Waals surface area contributed by atoms with Crippen molar-refractivity contribution in [2.24, 2.45) is 0 Å². The summed E-state index contributed by atoms with van der Waals surface area (Å²) in [5, 5.41) is 0. The van der Waals surface area contributed by atoms with Gasteiger partial charge in [0.2, 0.25) is 0 Å². The Morgan fingerprint density at radius 3 is 2.25 bits per heavy atom. The first-order valence-corrected chi connectivity index (χ1v) is 7.81. The predicted octanol–water partition coefficient (Wildman–Crippen LogP) is 3.95. The fourth-order valence-electron chi connectivity index (χ4n) is 2.30. The lowest BCUT2D eigenvalue weighted by Gasteiger charge is -2.30. The number of hydrogen-bond acceptors (Lipinski definition) is 2. The highest BCUT2D eigenvalue weighted by Crippen LogP contribution is 2.17. The molecule has 0 saturated heterocycles. The zero-order valence-electron chi connectivity index (χ0n) is 12.6. The van der Waals surface area contributed by atoms with Crippen LogP contribution in [0.3, 0.4) is 0 Å². The molecule has 1 aromatic rings. The summed E-state index contributed by atoms with van der Waals surface area (Å²) in [4.78, 5) is 14.5. The van der Waals surface area contributed by atoms with Gasteiger partial charge in [-0.25, -0.2) is 0 Å². The molecule has 0 aliphatic rings. The molecular formula is C16H24ClNO2. The Hall–Kier alpha value is -1.22. The minimum absolute atomic E-state index is 0.0439. The molecule has 3 nitrogen and oxygen atoms in total. The van der Waals surface area contributed by atoms with Crippen LogP contribution in [0, 0.1) is 0 Å². The molecule has 0 heterocycles. The van der Waals surface area contributed by atoms with E-state index in [4.69, 9.17) is 16.3 Å². The first-order valence-electron chi connectivity index (χ1n) is 7.27. The summed E-state index contributed by atoms with van der Waals surface area (Å²) in [6, 6.07) is 7.55. The van der Waals surface area contributed by atoms with Crippen molar-refractivity contribution in [2.75, 3.05) is 19.0 Å². The normalized spacial score (nSPS) is 10.7. The number of amides is 1. The number of ether oxygens (including phenoxy) is 1. The van der Waals surface area contributed by atoms with Crippen molar-refractivity contribution >= 4 is 17.5 Å². The summed E-state index contributed by atoms with van der Waals surface area (Å²) in [7, 11) is 0. The molecule has 20 heavy (non-hydrogen) atoms. The van der Waals surface area contributed by atoms with Crippen molar-refractivity contribution < 1.29 is 9.53 Å². The third-order valence-electron chi connectivity index (χ3n) is 3.38. The van der Waals surface area contributed by atoms with Gasteiger partial charge >= 0.3 is 0 Å². The van der Waals surface area contributed by atoms with Crippen LogP contribution in [0.2, 0.25) is 0 Å². The minimum Gasteiger partial charge on any atom is -0.494 e. The van der Waals surface area contributed by atoms with Crippen molar-refractivity contribution in [3.05, 3.63) is 29.8 Å². The van der Waals surface area contributed by atoms with Gasteiger partial charge in [0.25, 0.3) is 5.91 Å². The largest absolute Gasteiger partial charge is 0.494 e. The number of nitrogens with zero attached hydrogens (tertiary/aromatic N) is 1. The highest BCUT2D eigenvalue weighted by atomic mass is 35.5. The molecule has 0 saturated carbocycles. The summed E-state index contributed by atoms with van der Waals surface area (Å²) in [6.07, 6.45) is 1.88. The quantitative estimate of drug-likeness (QED) is 0.680. The van der Waals surface area contributed by atoms with Crippen LogP contribution >= 0.6 is 11.6 Å². The maximum atomic E-state index is 12.6. The van der Waals surface area contributed by atoms with Crippen LogP contribution in [-0.4, -0.2) is 35.9 Å². The fourth-order valence-corrected chi connectivity index (χ4v) is 2.48. The van der Waals surface area contributed by atoms with Gasteiger partial charge < -0.3 is 9.64 Å². The molecule has 0 aromatic heterocycles. The second-order valence-electron chi connectivity index (χ2n) is 4.62. The van der Waals surface area contributed by atoms with Crippen molar-refractivity contribution in [1.29, 1.82) is 0 Å². The van der Waals surface area contributed by atoms with Gasteiger partial charge in [-0.3, -0.25) is 4.79 Å². The van der Waals surface area contributed by atoms with E-state index in [9.17, 15) is 4.79 Å². The molecule has 0 spiro atoms. The van der Waals surface area contributed by atoms with Gasteiger partial charge in [-0.2, -0.15) is 0 Å². The molecule has 0 atom stereocenters. The van der Waals surface area contributed by atoms with Gasteiger partial charge in [0.05, 0.1) is 6.61 Å². The van der Waals surface area contributed by atoms with E-state index in [0.717, 1.165) is 18.6 Å². The fraction of sp³-hybridized carbons (Fsp3) is 0.562. The second-order valence-corrected chi connectivity index (χ2v) is 4.99. The van der Waals surface area contributed by atoms with E-state index in [-0.39, 0.29) is 11.9 Å². The van der Waals surface area contributed by atoms with E-state index in [0.29, 0.717) is 24.6 Å². The Morgan fingerprint density at radius 1 is 1.20 bits per heavy atom. The van der Waals surface area contributed by atoms with Crippen molar-refractivity contribution in [1.82, 2.24) is 4.90 Å². The number of hydrogen-bond donors (Lipinski definition) is 0. The molecule has 0 aliphatic carbocycles. The molecule has 0 bridgehead atoms. The molecular weight excluding hydrogens is 274 g/mol. The van der Waals surface area contributed by atoms with Crippen molar-refractivity contribution in [3.63, 3.8) is 0 Å². The topological polar surface area (TPSA) is 29.5 Å². The Kier molecular flexibility index (Phi) is 7.45. The lowest BCUT2D eigenvalue weighted by Crippen LogP contribution is -2.41. The highest BCUT2D eigenvalue weighted by Gasteiger charge is 2.21. The van der Waals surface area contributed by atoms with E-state index >= 15 is 0 Å². The van der Waals surface area contributed by atoms with E-state index < -0.39 is 0 Å². The summed E-state index contributed by atoms with van der Waals surface area (Å²) in [5.74, 6) is 1.29. The average Bonchev–Trinajstić information content (AvgIpc) is 2.48. The van der Waals surface area contributed by atoms with Gasteiger partial charge in [-0.1, -0.05) is 13.8 Å². The Bertz CT molecular complexity index is 401. The Balaban J connectivity index is 2.87. The molecule has 1 rings (SSSR count). The molecule has 0 aliphatic heterocycles. The Labute approximate surface area is 126 Å². The van der Waals surface area contributed by atoms with Crippen LogP contribution in [0.5, 0.6) is 5.75 Å². The van der Waals surface area contributed by atoms with E-state index in [1.807, 2.05) is 36.1 Å². The third-order valence-corrected chi connectivity index (χ3v) is 3.55. The number of benzene rings is 1. The smallest absolute Gasteiger partial charge is 0.254 e. The monoisotopic (exact) mass is 297 g/mol. The number of carbonyl (C=O) groups excluding carboxylic acids is 1. The highest BCUT2D eigenvalue weighted by molar-refractivity contribution is 6.18. The predicted molar refractivity (Wildman–Crippen MR) is 83.7 cm³/mol. The molecule has 0 radical (unpaired) electrons. The summed E-state index contributed by atoms with van der Waals surface area (Å²) in [6.45, 7) is 7.34. The number of carbonyl (C=O) groups is 1. The molecule has 0 fully saturated rings. The lowest BCUT2D eigenvalue weighted by atomic mass is 10.1. The van der Waals surface area contributed by atoms with Crippen LogP contribution in [0.4, 0.5) is 0 Å². The van der Waals surface area contributed by atoms with Crippen LogP contribution in [0.15, 0.2) is 24.3 Å². The van der Waals surface area contributed by atoms with E-state index in [1.54, 1.807) is 0 Å². The van der Waals surface area contributed by atoms with Crippen LogP contribution in [0.25, 0.3) is 0 Å². The average molecular weight is 298 g/mol. The van der Waals surface area contributed by atoms with Crippen molar-refractivity contribution in [3.8, 4) is 5.75 Å². The zero-order valence-corrected chi connectivity index (χ0v) is 13.3. The molecule has 112 valence electrons. The number of alkyl halides is 1. The first-order chi connectivity index (χ1) is 9.67. The van der Waals surface area contributed by atoms with Crippen LogP contribution in [-0.2, 0) is 0 Å². The van der Waals surface area contributed by atoms with Gasteiger partial charge in [-0.05, 0) is 44.0 Å². The van der Waals surface area contributed by atoms with Crippen LogP contribution in [0.1, 0.15) is 44.0 Å². The number of halogens is 1. The summed E-state index contributed by atoms with van der Waals surface area (Å²) < 4.78 is 5.39. The third kappa shape index (κ3) is 4.41. The molecule has 4 heteroatoms. The van der Waals surface area contributed by atoms with Crippen molar-refractivity contribution in [2.45, 2.75) is 39.7 Å². The maximum Gasteiger partial charge on any atom is 0.254 e. The lowest BCUT2D eigenvalue weighted by molar-refractivity contribution is 0.0681. The summed E-state index contributed by atoms with van der Waals surface area (Å²) in [5.41, 5.74) is 0.686. The number of rotatable bonds is 8. The minimum atomic E-state index is 0.0439. The second kappa shape index (κ2) is 8.85. The zero-order chi connectivity index (χ0) is 15.0. The SMILES string of the molecule is CCOc1ccc(C(=O)N(CCCl)C(CC)CC)cc1. The standard InChI is InChI=1S/C16H24ClNO2/c1-4-14(5-2)18(12-11-17)16(19)13-7-9-15(10-8-13)20-6-3/h7-10,14H,4-6,11-12H2,1-3H3. The van der Waals surface area contributed by atoms with Gasteiger partial charge in [-0.15, -0.1) is 11.6 Å². The first kappa shape index (κ1) is 16.8. The molecule has 0 N–H and O–H groups in total. The summed E-state index contributed by atoms with van der Waals surface area (Å²) >= 11 is 5.84. The molecule has 0 unspecified atom stereocenters. The van der Waals surface area contributed by atoms with Gasteiger partial charge in [0.1, 0.15) is 5.75 Å². The molecule has 1 amide bonds. The van der Waals surface area contributed by atoms with Gasteiger partial charge in [0, 0.05) is 24.0 Å².